The van der Waals surface area contributed by atoms with Gasteiger partial charge in [-0.25, -0.2) is 9.18 Å². The van der Waals surface area contributed by atoms with Crippen LogP contribution in [0.4, 0.5) is 4.39 Å². The Labute approximate surface area is 104 Å². The smallest absolute Gasteiger partial charge is 0.351 e. The average molecular weight is 300 g/mol. The molecule has 7 heteroatoms. The molecule has 0 radical (unpaired) electrons. The van der Waals surface area contributed by atoms with Crippen molar-refractivity contribution in [2.45, 2.75) is 0 Å². The van der Waals surface area contributed by atoms with Gasteiger partial charge in [-0.05, 0) is 28.1 Å². The monoisotopic (exact) mass is 299 g/mol. The lowest BCUT2D eigenvalue weighted by Gasteiger charge is -2.04. The van der Waals surface area contributed by atoms with Crippen LogP contribution in [0.15, 0.2) is 27.5 Å². The van der Waals surface area contributed by atoms with Crippen molar-refractivity contribution in [3.63, 3.8) is 0 Å². The molecule has 0 spiro atoms. The number of nitrogens with one attached hydrogen (secondary N) is 1. The Morgan fingerprint density at radius 3 is 2.88 bits per heavy atom. The van der Waals surface area contributed by atoms with Crippen LogP contribution in [-0.4, -0.2) is 22.1 Å². The van der Waals surface area contributed by atoms with Crippen molar-refractivity contribution in [2.24, 2.45) is 0 Å². The molecule has 1 aromatic heterocycles. The maximum atomic E-state index is 13.8. The maximum Gasteiger partial charge on any atom is 0.351 e. The summed E-state index contributed by atoms with van der Waals surface area (Å²) < 4.78 is 18.8. The van der Waals surface area contributed by atoms with Gasteiger partial charge in [-0.3, -0.25) is 4.98 Å². The minimum absolute atomic E-state index is 0.0700. The summed E-state index contributed by atoms with van der Waals surface area (Å²) >= 11 is 3.06. The summed E-state index contributed by atoms with van der Waals surface area (Å²) in [5, 5.41) is 0. The topological polar surface area (TPSA) is 67.9 Å². The number of hydrogen-bond donors (Lipinski definition) is 1. The molecule has 0 aliphatic heterocycles. The van der Waals surface area contributed by atoms with E-state index in [0.717, 1.165) is 0 Å². The van der Waals surface area contributed by atoms with Gasteiger partial charge in [0.1, 0.15) is 11.6 Å². The fourth-order valence-electron chi connectivity index (χ4n) is 1.27. The lowest BCUT2D eigenvalue weighted by molar-refractivity contribution is 0.376. The Hall–Kier alpha value is -1.76. The Balaban J connectivity index is 2.64. The van der Waals surface area contributed by atoms with Gasteiger partial charge in [0.25, 0.3) is 0 Å². The van der Waals surface area contributed by atoms with Gasteiger partial charge < -0.3 is 4.74 Å². The van der Waals surface area contributed by atoms with E-state index in [1.165, 1.54) is 13.2 Å². The van der Waals surface area contributed by atoms with Crippen molar-refractivity contribution in [1.29, 1.82) is 0 Å². The zero-order valence-electron chi connectivity index (χ0n) is 8.70. The number of rotatable bonds is 2. The van der Waals surface area contributed by atoms with Gasteiger partial charge in [0, 0.05) is 0 Å². The van der Waals surface area contributed by atoms with Crippen molar-refractivity contribution < 1.29 is 9.13 Å². The molecule has 0 bridgehead atoms. The molecule has 0 fully saturated rings. The molecular formula is C10H7BrFN3O2. The number of ether oxygens (including phenoxy) is 1. The van der Waals surface area contributed by atoms with E-state index in [9.17, 15) is 9.18 Å². The van der Waals surface area contributed by atoms with E-state index in [-0.39, 0.29) is 21.9 Å². The maximum absolute atomic E-state index is 13.8. The first-order chi connectivity index (χ1) is 8.11. The van der Waals surface area contributed by atoms with Crippen LogP contribution in [0.3, 0.4) is 0 Å². The molecule has 88 valence electrons. The second kappa shape index (κ2) is 4.62. The van der Waals surface area contributed by atoms with Gasteiger partial charge in [-0.15, -0.1) is 4.98 Å². The highest BCUT2D eigenvalue weighted by Gasteiger charge is 2.12. The third-order valence-electron chi connectivity index (χ3n) is 2.02. The fraction of sp³-hybridized carbons (Fsp3) is 0.100. The van der Waals surface area contributed by atoms with Gasteiger partial charge in [0.15, 0.2) is 0 Å². The predicted molar refractivity (Wildman–Crippen MR) is 62.3 cm³/mol. The Kier molecular flexibility index (Phi) is 3.19. The normalized spacial score (nSPS) is 10.3. The van der Waals surface area contributed by atoms with Crippen LogP contribution in [0, 0.1) is 5.82 Å². The fourth-order valence-corrected chi connectivity index (χ4v) is 1.64. The van der Waals surface area contributed by atoms with E-state index in [0.29, 0.717) is 0 Å². The highest BCUT2D eigenvalue weighted by Crippen LogP contribution is 2.25. The minimum Gasteiger partial charge on any atom is -0.467 e. The number of methoxy groups -OCH3 is 1. The van der Waals surface area contributed by atoms with E-state index < -0.39 is 11.5 Å². The molecule has 2 rings (SSSR count). The van der Waals surface area contributed by atoms with Gasteiger partial charge in [-0.2, -0.15) is 4.98 Å². The Morgan fingerprint density at radius 2 is 2.18 bits per heavy atom. The van der Waals surface area contributed by atoms with E-state index in [2.05, 4.69) is 30.9 Å². The van der Waals surface area contributed by atoms with Crippen molar-refractivity contribution in [2.75, 3.05) is 7.11 Å². The van der Waals surface area contributed by atoms with Gasteiger partial charge in [-0.1, -0.05) is 6.07 Å². The summed E-state index contributed by atoms with van der Waals surface area (Å²) in [6.45, 7) is 0. The third kappa shape index (κ3) is 2.33. The first-order valence-electron chi connectivity index (χ1n) is 4.58. The molecule has 0 atom stereocenters. The third-order valence-corrected chi connectivity index (χ3v) is 2.63. The zero-order chi connectivity index (χ0) is 12.4. The summed E-state index contributed by atoms with van der Waals surface area (Å²) in [6.07, 6.45) is 0. The van der Waals surface area contributed by atoms with Crippen LogP contribution < -0.4 is 10.4 Å². The molecule has 1 N–H and O–H groups in total. The van der Waals surface area contributed by atoms with Gasteiger partial charge in [0.2, 0.25) is 0 Å². The molecule has 1 heterocycles. The Morgan fingerprint density at radius 1 is 1.41 bits per heavy atom. The van der Waals surface area contributed by atoms with E-state index in [1.807, 2.05) is 0 Å². The first-order valence-corrected chi connectivity index (χ1v) is 5.38. The molecular weight excluding hydrogens is 293 g/mol. The minimum atomic E-state index is -0.647. The first kappa shape index (κ1) is 11.7. The van der Waals surface area contributed by atoms with Crippen LogP contribution in [0.5, 0.6) is 6.01 Å². The summed E-state index contributed by atoms with van der Waals surface area (Å²) in [5.74, 6) is -0.440. The highest BCUT2D eigenvalue weighted by atomic mass is 79.9. The largest absolute Gasteiger partial charge is 0.467 e. The molecule has 0 aliphatic rings. The average Bonchev–Trinajstić information content (AvgIpc) is 2.31. The van der Waals surface area contributed by atoms with Gasteiger partial charge >= 0.3 is 11.7 Å². The second-order valence-electron chi connectivity index (χ2n) is 3.09. The Bertz CT molecular complexity index is 615. The number of H-pyrrole nitrogens is 1. The summed E-state index contributed by atoms with van der Waals surface area (Å²) in [5.41, 5.74) is -0.483. The zero-order valence-corrected chi connectivity index (χ0v) is 10.3. The van der Waals surface area contributed by atoms with Crippen molar-refractivity contribution in [1.82, 2.24) is 15.0 Å². The quantitative estimate of drug-likeness (QED) is 0.917. The number of nitrogens with zero attached hydrogens (tertiary/aromatic N) is 2. The molecule has 0 saturated carbocycles. The van der Waals surface area contributed by atoms with Crippen LogP contribution >= 0.6 is 15.9 Å². The molecule has 0 unspecified atom stereocenters. The number of hydrogen-bond acceptors (Lipinski definition) is 4. The van der Waals surface area contributed by atoms with E-state index in [1.54, 1.807) is 12.1 Å². The molecule has 17 heavy (non-hydrogen) atoms. The van der Waals surface area contributed by atoms with Gasteiger partial charge in [0.05, 0.1) is 17.1 Å². The van der Waals surface area contributed by atoms with Crippen molar-refractivity contribution in [3.05, 3.63) is 39.0 Å². The number of halogens is 2. The number of benzene rings is 1. The van der Waals surface area contributed by atoms with Crippen molar-refractivity contribution in [3.8, 4) is 17.4 Å². The summed E-state index contributed by atoms with van der Waals surface area (Å²) in [6, 6.07) is 4.57. The standard InChI is InChI=1S/C10H7BrFN3O2/c1-17-10-14-8(13-9(16)15-10)5-3-2-4-6(11)7(5)12/h2-4H,1H3,(H,13,14,15,16). The number of aromatic amines is 1. The summed E-state index contributed by atoms with van der Waals surface area (Å²) in [4.78, 5) is 20.9. The van der Waals surface area contributed by atoms with Crippen LogP contribution in [0.1, 0.15) is 0 Å². The second-order valence-corrected chi connectivity index (χ2v) is 3.94. The number of aromatic nitrogens is 3. The molecule has 2 aromatic rings. The van der Waals surface area contributed by atoms with E-state index in [4.69, 9.17) is 4.74 Å². The van der Waals surface area contributed by atoms with E-state index >= 15 is 0 Å². The molecule has 0 saturated heterocycles. The molecule has 0 aliphatic carbocycles. The SMILES string of the molecule is COc1nc(-c2cccc(Br)c2F)[nH]c(=O)n1. The highest BCUT2D eigenvalue weighted by molar-refractivity contribution is 9.10. The van der Waals surface area contributed by atoms with Crippen LogP contribution in [0.25, 0.3) is 11.4 Å². The molecule has 5 nitrogen and oxygen atoms in total. The summed E-state index contributed by atoms with van der Waals surface area (Å²) in [7, 11) is 1.33. The molecule has 0 amide bonds. The predicted octanol–water partition coefficient (Wildman–Crippen LogP) is 1.74. The van der Waals surface area contributed by atoms with Crippen LogP contribution in [-0.2, 0) is 0 Å². The lowest BCUT2D eigenvalue weighted by atomic mass is 10.2. The van der Waals surface area contributed by atoms with Crippen LogP contribution in [0.2, 0.25) is 0 Å². The lowest BCUT2D eigenvalue weighted by Crippen LogP contribution is -2.14. The molecule has 1 aromatic carbocycles. The van der Waals surface area contributed by atoms with Crippen molar-refractivity contribution >= 4 is 15.9 Å².